The van der Waals surface area contributed by atoms with Crippen molar-refractivity contribution in [3.05, 3.63) is 63.2 Å². The van der Waals surface area contributed by atoms with Gasteiger partial charge in [0, 0.05) is 12.5 Å². The van der Waals surface area contributed by atoms with Crippen molar-refractivity contribution in [3.63, 3.8) is 0 Å². The van der Waals surface area contributed by atoms with Crippen LogP contribution in [-0.2, 0) is 12.8 Å². The first-order valence-corrected chi connectivity index (χ1v) is 7.94. The molecule has 4 N–H and O–H groups in total. The third-order valence-electron chi connectivity index (χ3n) is 4.44. The van der Waals surface area contributed by atoms with Crippen molar-refractivity contribution in [2.75, 3.05) is 7.11 Å². The molecule has 0 saturated carbocycles. The molecule has 1 heterocycles. The van der Waals surface area contributed by atoms with Gasteiger partial charge in [-0.2, -0.15) is 0 Å². The number of hydrogen-bond donors (Lipinski definition) is 4. The number of benzene rings is 1. The fraction of sp³-hybridized carbons (Fsp3) is 0.389. The summed E-state index contributed by atoms with van der Waals surface area (Å²) in [6.07, 6.45) is -5.44. The maximum absolute atomic E-state index is 12.2. The number of aliphatic hydroxyl groups is 4. The molecule has 1 aromatic carbocycles. The van der Waals surface area contributed by atoms with Crippen LogP contribution >= 0.6 is 0 Å². The summed E-state index contributed by atoms with van der Waals surface area (Å²) in [5.41, 5.74) is 0.263. The van der Waals surface area contributed by atoms with E-state index in [0.29, 0.717) is 18.6 Å². The molecule has 2 aromatic rings. The zero-order chi connectivity index (χ0) is 18.1. The highest BCUT2D eigenvalue weighted by Gasteiger charge is 2.43. The molecule has 0 bridgehead atoms. The molecule has 0 saturated heterocycles. The lowest BCUT2D eigenvalue weighted by atomic mass is 9.87. The van der Waals surface area contributed by atoms with E-state index in [-0.39, 0.29) is 11.3 Å². The number of rotatable bonds is 4. The normalized spacial score (nSPS) is 25.5. The summed E-state index contributed by atoms with van der Waals surface area (Å²) in [7, 11) is 1.59. The number of fused-ring (bicyclic) bond motifs is 1. The quantitative estimate of drug-likeness (QED) is 0.624. The Balaban J connectivity index is 1.84. The predicted octanol–water partition coefficient (Wildman–Crippen LogP) is 0.236. The number of ether oxygens (including phenoxy) is 1. The van der Waals surface area contributed by atoms with Crippen molar-refractivity contribution in [2.45, 2.75) is 37.3 Å². The van der Waals surface area contributed by atoms with Gasteiger partial charge in [0.25, 0.3) is 0 Å². The fourth-order valence-electron chi connectivity index (χ4n) is 2.96. The van der Waals surface area contributed by atoms with Crippen LogP contribution in [0.2, 0.25) is 0 Å². The van der Waals surface area contributed by atoms with Crippen LogP contribution in [0.4, 0.5) is 0 Å². The van der Waals surface area contributed by atoms with Crippen molar-refractivity contribution in [3.8, 4) is 5.75 Å². The molecule has 0 amide bonds. The van der Waals surface area contributed by atoms with Crippen molar-refractivity contribution >= 4 is 0 Å². The maximum Gasteiger partial charge on any atom is 0.191 e. The third-order valence-corrected chi connectivity index (χ3v) is 4.44. The summed E-state index contributed by atoms with van der Waals surface area (Å²) in [5, 5.41) is 39.5. The molecule has 1 aliphatic carbocycles. The van der Waals surface area contributed by atoms with Gasteiger partial charge >= 0.3 is 0 Å². The summed E-state index contributed by atoms with van der Waals surface area (Å²) in [6, 6.07) is 8.69. The molecule has 25 heavy (non-hydrogen) atoms. The molecule has 2 unspecified atom stereocenters. The molecule has 0 aliphatic heterocycles. The molecule has 1 aliphatic rings. The van der Waals surface area contributed by atoms with Crippen molar-refractivity contribution in [1.29, 1.82) is 0 Å². The second-order valence-electron chi connectivity index (χ2n) is 6.07. The zero-order valence-electron chi connectivity index (χ0n) is 13.6. The smallest absolute Gasteiger partial charge is 0.191 e. The van der Waals surface area contributed by atoms with Crippen LogP contribution in [0.25, 0.3) is 0 Å². The summed E-state index contributed by atoms with van der Waals surface area (Å²) in [6.45, 7) is 0. The first-order valence-electron chi connectivity index (χ1n) is 7.94. The predicted molar refractivity (Wildman–Crippen MR) is 87.3 cm³/mol. The molecule has 7 nitrogen and oxygen atoms in total. The molecule has 1 aromatic heterocycles. The van der Waals surface area contributed by atoms with Gasteiger partial charge in [0.1, 0.15) is 41.7 Å². The van der Waals surface area contributed by atoms with E-state index >= 15 is 0 Å². The Labute approximate surface area is 143 Å². The van der Waals surface area contributed by atoms with E-state index in [1.165, 1.54) is 6.07 Å². The van der Waals surface area contributed by atoms with Gasteiger partial charge in [-0.05, 0) is 24.1 Å². The number of aryl methyl sites for hydroxylation is 2. The first kappa shape index (κ1) is 17.6. The molecule has 0 radical (unpaired) electrons. The molecule has 0 fully saturated rings. The maximum atomic E-state index is 12.2. The highest BCUT2D eigenvalue weighted by atomic mass is 16.5. The van der Waals surface area contributed by atoms with E-state index < -0.39 is 29.8 Å². The Kier molecular flexibility index (Phi) is 4.91. The third kappa shape index (κ3) is 3.32. The molecular formula is C18H20O7. The summed E-state index contributed by atoms with van der Waals surface area (Å²) >= 11 is 0. The van der Waals surface area contributed by atoms with E-state index in [4.69, 9.17) is 9.15 Å². The monoisotopic (exact) mass is 348 g/mol. The van der Waals surface area contributed by atoms with Crippen LogP contribution in [0.5, 0.6) is 5.75 Å². The molecule has 7 heteroatoms. The van der Waals surface area contributed by atoms with Gasteiger partial charge in [0.2, 0.25) is 0 Å². The lowest BCUT2D eigenvalue weighted by Gasteiger charge is -2.32. The van der Waals surface area contributed by atoms with Gasteiger partial charge in [0.05, 0.1) is 12.7 Å². The zero-order valence-corrected chi connectivity index (χ0v) is 13.6. The standard InChI is InChI=1S/C18H20O7/c1-24-10-5-2-9(3-6-10)4-7-11-8-12(19)13-14(20)15(21)16(22)17(23)18(13)25-11/h2-3,5-6,8,14-17,20-23H,4,7H2,1H3/t14?,15-,16?,17-/m1/s1. The average molecular weight is 348 g/mol. The molecule has 0 spiro atoms. The number of hydrogen-bond acceptors (Lipinski definition) is 7. The Morgan fingerprint density at radius 2 is 1.64 bits per heavy atom. The number of methoxy groups -OCH3 is 1. The highest BCUT2D eigenvalue weighted by molar-refractivity contribution is 5.30. The SMILES string of the molecule is COc1ccc(CCc2cc(=O)c3c(o2)[C@H](O)C(O)[C@H](O)C3O)cc1. The van der Waals surface area contributed by atoms with Crippen LogP contribution in [0.3, 0.4) is 0 Å². The summed E-state index contributed by atoms with van der Waals surface area (Å²) < 4.78 is 10.6. The fourth-order valence-corrected chi connectivity index (χ4v) is 2.96. The minimum absolute atomic E-state index is 0.192. The van der Waals surface area contributed by atoms with Gasteiger partial charge in [-0.3, -0.25) is 4.79 Å². The minimum Gasteiger partial charge on any atom is -0.497 e. The van der Waals surface area contributed by atoms with Crippen LogP contribution in [-0.4, -0.2) is 39.7 Å². The minimum atomic E-state index is -1.64. The average Bonchev–Trinajstić information content (AvgIpc) is 2.62. The van der Waals surface area contributed by atoms with Gasteiger partial charge in [-0.15, -0.1) is 0 Å². The van der Waals surface area contributed by atoms with Crippen molar-refractivity contribution in [1.82, 2.24) is 0 Å². The van der Waals surface area contributed by atoms with Gasteiger partial charge in [-0.1, -0.05) is 12.1 Å². The second kappa shape index (κ2) is 6.97. The van der Waals surface area contributed by atoms with E-state index in [1.807, 2.05) is 24.3 Å². The van der Waals surface area contributed by atoms with E-state index in [2.05, 4.69) is 0 Å². The first-order chi connectivity index (χ1) is 11.9. The number of aliphatic hydroxyl groups excluding tert-OH is 4. The Bertz CT molecular complexity index is 796. The lowest BCUT2D eigenvalue weighted by Crippen LogP contribution is -2.44. The van der Waals surface area contributed by atoms with Gasteiger partial charge < -0.3 is 29.6 Å². The second-order valence-corrected chi connectivity index (χ2v) is 6.07. The Morgan fingerprint density at radius 1 is 1.00 bits per heavy atom. The highest BCUT2D eigenvalue weighted by Crippen LogP contribution is 2.35. The van der Waals surface area contributed by atoms with Crippen LogP contribution in [0, 0.1) is 0 Å². The summed E-state index contributed by atoms with van der Waals surface area (Å²) in [4.78, 5) is 12.2. The van der Waals surface area contributed by atoms with Crippen LogP contribution < -0.4 is 10.2 Å². The van der Waals surface area contributed by atoms with Crippen molar-refractivity contribution < 1.29 is 29.6 Å². The molecule has 4 atom stereocenters. The van der Waals surface area contributed by atoms with Gasteiger partial charge in [0.15, 0.2) is 5.43 Å². The summed E-state index contributed by atoms with van der Waals surface area (Å²) in [5.74, 6) is 0.880. The van der Waals surface area contributed by atoms with Gasteiger partial charge in [-0.25, -0.2) is 0 Å². The molecule has 3 rings (SSSR count). The van der Waals surface area contributed by atoms with E-state index in [0.717, 1.165) is 11.3 Å². The lowest BCUT2D eigenvalue weighted by molar-refractivity contribution is -0.128. The van der Waals surface area contributed by atoms with Crippen LogP contribution in [0.1, 0.15) is 34.9 Å². The van der Waals surface area contributed by atoms with E-state index in [9.17, 15) is 25.2 Å². The Hall–Kier alpha value is -2.19. The van der Waals surface area contributed by atoms with Crippen molar-refractivity contribution in [2.24, 2.45) is 0 Å². The molecular weight excluding hydrogens is 328 g/mol. The largest absolute Gasteiger partial charge is 0.497 e. The Morgan fingerprint density at radius 3 is 2.28 bits per heavy atom. The van der Waals surface area contributed by atoms with Crippen LogP contribution in [0.15, 0.2) is 39.5 Å². The van der Waals surface area contributed by atoms with E-state index in [1.54, 1.807) is 7.11 Å². The topological polar surface area (TPSA) is 120 Å². The molecule has 134 valence electrons.